The van der Waals surface area contributed by atoms with Crippen molar-refractivity contribution in [1.29, 1.82) is 0 Å². The number of hydrogen-bond acceptors (Lipinski definition) is 6. The lowest BCUT2D eigenvalue weighted by Gasteiger charge is -2.22. The molecule has 1 aliphatic heterocycles. The van der Waals surface area contributed by atoms with E-state index in [2.05, 4.69) is 4.98 Å². The number of carbonyl (C=O) groups excluding carboxylic acids is 2. The Morgan fingerprint density at radius 3 is 2.48 bits per heavy atom. The van der Waals surface area contributed by atoms with Crippen molar-refractivity contribution in [1.82, 2.24) is 4.98 Å². The van der Waals surface area contributed by atoms with Gasteiger partial charge in [-0.05, 0) is 48.0 Å². The zero-order valence-corrected chi connectivity index (χ0v) is 18.9. The second-order valence-corrected chi connectivity index (χ2v) is 8.86. The normalized spacial score (nSPS) is 17.6. The largest absolute Gasteiger partial charge is 0.507 e. The predicted molar refractivity (Wildman–Crippen MR) is 129 cm³/mol. The number of thiazole rings is 1. The Kier molecular flexibility index (Phi) is 5.36. The topological polar surface area (TPSA) is 79.7 Å². The third kappa shape index (κ3) is 3.65. The molecule has 6 nitrogen and oxygen atoms in total. The summed E-state index contributed by atoms with van der Waals surface area (Å²) in [7, 11) is 1.58. The molecule has 33 heavy (non-hydrogen) atoms. The molecule has 0 aliphatic carbocycles. The number of carbonyl (C=O) groups is 2. The van der Waals surface area contributed by atoms with E-state index in [0.717, 1.165) is 4.70 Å². The number of ether oxygens (including phenoxy) is 1. The Bertz CT molecular complexity index is 1410. The van der Waals surface area contributed by atoms with Crippen molar-refractivity contribution >= 4 is 55.7 Å². The molecular weight excluding hydrogens is 460 g/mol. The number of Topliss-reactive ketones (excluding diaryl/α,β-unsaturated/α-hetero) is 1. The predicted octanol–water partition coefficient (Wildman–Crippen LogP) is 5.58. The summed E-state index contributed by atoms with van der Waals surface area (Å²) >= 11 is 7.25. The van der Waals surface area contributed by atoms with Crippen LogP contribution < -0.4 is 9.64 Å². The number of aromatic nitrogens is 1. The van der Waals surface area contributed by atoms with Gasteiger partial charge in [0.2, 0.25) is 0 Å². The van der Waals surface area contributed by atoms with Gasteiger partial charge in [0.25, 0.3) is 5.78 Å². The minimum atomic E-state index is -0.829. The summed E-state index contributed by atoms with van der Waals surface area (Å²) in [6.07, 6.45) is 0. The first kappa shape index (κ1) is 21.2. The molecule has 1 fully saturated rings. The molecule has 1 amide bonds. The average Bonchev–Trinajstić information content (AvgIpc) is 3.37. The molecule has 0 unspecified atom stereocenters. The van der Waals surface area contributed by atoms with Gasteiger partial charge >= 0.3 is 5.91 Å². The fourth-order valence-corrected chi connectivity index (χ4v) is 5.01. The number of benzene rings is 3. The van der Waals surface area contributed by atoms with E-state index in [1.807, 2.05) is 36.4 Å². The number of fused-ring (bicyclic) bond motifs is 1. The van der Waals surface area contributed by atoms with Crippen LogP contribution in [0.3, 0.4) is 0 Å². The van der Waals surface area contributed by atoms with E-state index in [4.69, 9.17) is 16.3 Å². The number of ketones is 1. The fraction of sp³-hybridized carbons (Fsp3) is 0.0800. The fourth-order valence-electron chi connectivity index (χ4n) is 3.87. The van der Waals surface area contributed by atoms with Gasteiger partial charge in [-0.3, -0.25) is 14.5 Å². The summed E-state index contributed by atoms with van der Waals surface area (Å²) in [6, 6.07) is 20.2. The van der Waals surface area contributed by atoms with Crippen LogP contribution in [0.1, 0.15) is 17.2 Å². The quantitative estimate of drug-likeness (QED) is 0.236. The van der Waals surface area contributed by atoms with Crippen LogP contribution in [0.15, 0.2) is 78.4 Å². The summed E-state index contributed by atoms with van der Waals surface area (Å²) in [5.41, 5.74) is 1.77. The van der Waals surface area contributed by atoms with Crippen LogP contribution in [-0.2, 0) is 9.59 Å². The van der Waals surface area contributed by atoms with E-state index in [0.29, 0.717) is 32.5 Å². The van der Waals surface area contributed by atoms with Gasteiger partial charge in [0.15, 0.2) is 5.13 Å². The van der Waals surface area contributed by atoms with Gasteiger partial charge in [-0.2, -0.15) is 0 Å². The maximum atomic E-state index is 13.2. The SMILES string of the molecule is COc1ccc2nc(N3C(=O)C(=O)C(=C(O)c4ccc(Cl)cc4)[C@H]3c3ccccc3)sc2c1. The van der Waals surface area contributed by atoms with Gasteiger partial charge in [0.05, 0.1) is 28.9 Å². The van der Waals surface area contributed by atoms with Crippen molar-refractivity contribution in [3.05, 3.63) is 94.5 Å². The molecule has 0 radical (unpaired) electrons. The first-order valence-corrected chi connectivity index (χ1v) is 11.2. The van der Waals surface area contributed by atoms with Crippen LogP contribution in [-0.4, -0.2) is 28.9 Å². The summed E-state index contributed by atoms with van der Waals surface area (Å²) < 4.78 is 6.10. The zero-order chi connectivity index (χ0) is 23.1. The molecule has 1 N–H and O–H groups in total. The first-order chi connectivity index (χ1) is 16.0. The molecule has 0 saturated carbocycles. The van der Waals surface area contributed by atoms with E-state index in [9.17, 15) is 14.7 Å². The third-order valence-corrected chi connectivity index (χ3v) is 6.74. The van der Waals surface area contributed by atoms with E-state index in [1.54, 1.807) is 43.5 Å². The Labute approximate surface area is 198 Å². The van der Waals surface area contributed by atoms with Crippen LogP contribution in [0.2, 0.25) is 5.02 Å². The number of amides is 1. The minimum Gasteiger partial charge on any atom is -0.507 e. The molecule has 8 heteroatoms. The lowest BCUT2D eigenvalue weighted by Crippen LogP contribution is -2.29. The molecular formula is C25H17ClN2O4S. The number of hydrogen-bond donors (Lipinski definition) is 1. The first-order valence-electron chi connectivity index (χ1n) is 10.0. The van der Waals surface area contributed by atoms with Crippen LogP contribution in [0, 0.1) is 0 Å². The van der Waals surface area contributed by atoms with Gasteiger partial charge in [-0.1, -0.05) is 53.3 Å². The van der Waals surface area contributed by atoms with Gasteiger partial charge < -0.3 is 9.84 Å². The highest BCUT2D eigenvalue weighted by Crippen LogP contribution is 2.44. The standard InChI is InChI=1S/C25H17ClN2O4S/c1-32-17-11-12-18-19(13-17)33-25(27-18)28-21(14-5-3-2-4-6-14)20(23(30)24(28)31)22(29)15-7-9-16(26)10-8-15/h2-13,21,29H,1H3/t21-/m1/s1. The van der Waals surface area contributed by atoms with Gasteiger partial charge in [-0.25, -0.2) is 4.98 Å². The Morgan fingerprint density at radius 1 is 1.06 bits per heavy atom. The number of anilines is 1. The van der Waals surface area contributed by atoms with Crippen LogP contribution in [0.5, 0.6) is 5.75 Å². The second-order valence-electron chi connectivity index (χ2n) is 7.42. The summed E-state index contributed by atoms with van der Waals surface area (Å²) in [4.78, 5) is 32.4. The lowest BCUT2D eigenvalue weighted by atomic mass is 9.95. The minimum absolute atomic E-state index is 0.00496. The number of rotatable bonds is 4. The van der Waals surface area contributed by atoms with Crippen molar-refractivity contribution in [2.75, 3.05) is 12.0 Å². The Hall–Kier alpha value is -3.68. The van der Waals surface area contributed by atoms with Gasteiger partial charge in [-0.15, -0.1) is 0 Å². The zero-order valence-electron chi connectivity index (χ0n) is 17.4. The highest BCUT2D eigenvalue weighted by atomic mass is 35.5. The number of aliphatic hydroxyl groups is 1. The van der Waals surface area contributed by atoms with Crippen molar-refractivity contribution in [3.8, 4) is 5.75 Å². The van der Waals surface area contributed by atoms with E-state index in [-0.39, 0.29) is 11.3 Å². The van der Waals surface area contributed by atoms with Crippen molar-refractivity contribution in [2.24, 2.45) is 0 Å². The number of nitrogens with zero attached hydrogens (tertiary/aromatic N) is 2. The van der Waals surface area contributed by atoms with E-state index in [1.165, 1.54) is 16.2 Å². The van der Waals surface area contributed by atoms with Crippen molar-refractivity contribution in [2.45, 2.75) is 6.04 Å². The molecule has 3 aromatic carbocycles. The number of aliphatic hydroxyl groups excluding tert-OH is 1. The Balaban J connectivity index is 1.71. The smallest absolute Gasteiger partial charge is 0.301 e. The van der Waals surface area contributed by atoms with Gasteiger partial charge in [0.1, 0.15) is 11.5 Å². The molecule has 1 saturated heterocycles. The molecule has 164 valence electrons. The molecule has 0 bridgehead atoms. The van der Waals surface area contributed by atoms with Crippen molar-refractivity contribution in [3.63, 3.8) is 0 Å². The van der Waals surface area contributed by atoms with Crippen LogP contribution in [0.25, 0.3) is 16.0 Å². The highest BCUT2D eigenvalue weighted by molar-refractivity contribution is 7.22. The molecule has 4 aromatic rings. The molecule has 1 aliphatic rings. The third-order valence-electron chi connectivity index (χ3n) is 5.47. The van der Waals surface area contributed by atoms with E-state index < -0.39 is 17.7 Å². The van der Waals surface area contributed by atoms with Gasteiger partial charge in [0, 0.05) is 10.6 Å². The second kappa shape index (κ2) is 8.35. The summed E-state index contributed by atoms with van der Waals surface area (Å²) in [5.74, 6) is -1.11. The maximum absolute atomic E-state index is 13.2. The Morgan fingerprint density at radius 2 is 1.79 bits per heavy atom. The average molecular weight is 477 g/mol. The summed E-state index contributed by atoms with van der Waals surface area (Å²) in [6.45, 7) is 0. The number of halogens is 1. The van der Waals surface area contributed by atoms with E-state index >= 15 is 0 Å². The maximum Gasteiger partial charge on any atom is 0.301 e. The monoisotopic (exact) mass is 476 g/mol. The molecule has 5 rings (SSSR count). The lowest BCUT2D eigenvalue weighted by molar-refractivity contribution is -0.132. The molecule has 1 atom stereocenters. The van der Waals surface area contributed by atoms with Crippen LogP contribution >= 0.6 is 22.9 Å². The molecule has 0 spiro atoms. The van der Waals surface area contributed by atoms with Crippen LogP contribution in [0.4, 0.5) is 5.13 Å². The molecule has 2 heterocycles. The molecule has 1 aromatic heterocycles. The number of methoxy groups -OCH3 is 1. The highest BCUT2D eigenvalue weighted by Gasteiger charge is 2.48. The summed E-state index contributed by atoms with van der Waals surface area (Å²) in [5, 5.41) is 12.0. The van der Waals surface area contributed by atoms with Crippen molar-refractivity contribution < 1.29 is 19.4 Å².